The van der Waals surface area contributed by atoms with E-state index in [0.717, 1.165) is 22.6 Å². The van der Waals surface area contributed by atoms with Crippen molar-refractivity contribution < 1.29 is 14.3 Å². The van der Waals surface area contributed by atoms with Gasteiger partial charge in [-0.05, 0) is 44.2 Å². The first-order chi connectivity index (χ1) is 12.5. The van der Waals surface area contributed by atoms with E-state index >= 15 is 0 Å². The van der Waals surface area contributed by atoms with E-state index in [1.807, 2.05) is 74.3 Å². The molecule has 0 saturated heterocycles. The first kappa shape index (κ1) is 18.3. The summed E-state index contributed by atoms with van der Waals surface area (Å²) in [5, 5.41) is 3.09. The lowest BCUT2D eigenvalue weighted by molar-refractivity contribution is -0.126. The Morgan fingerprint density at radius 1 is 1.08 bits per heavy atom. The van der Waals surface area contributed by atoms with Crippen molar-refractivity contribution in [2.45, 2.75) is 32.5 Å². The fourth-order valence-corrected chi connectivity index (χ4v) is 2.97. The largest absolute Gasteiger partial charge is 0.486 e. The number of amides is 1. The van der Waals surface area contributed by atoms with E-state index in [1.165, 1.54) is 0 Å². The maximum Gasteiger partial charge on any atom is 0.237 e. The highest BCUT2D eigenvalue weighted by molar-refractivity contribution is 5.81. The van der Waals surface area contributed by atoms with E-state index in [-0.39, 0.29) is 18.0 Å². The Kier molecular flexibility index (Phi) is 5.78. The molecule has 0 radical (unpaired) electrons. The van der Waals surface area contributed by atoms with Gasteiger partial charge in [-0.3, -0.25) is 9.69 Å². The number of nitrogens with zero attached hydrogens (tertiary/aromatic N) is 1. The van der Waals surface area contributed by atoms with Crippen LogP contribution in [0.3, 0.4) is 0 Å². The summed E-state index contributed by atoms with van der Waals surface area (Å²) < 4.78 is 11.2. The van der Waals surface area contributed by atoms with Crippen LogP contribution in [0.4, 0.5) is 0 Å². The highest BCUT2D eigenvalue weighted by atomic mass is 16.6. The summed E-state index contributed by atoms with van der Waals surface area (Å²) in [5.74, 6) is 1.57. The van der Waals surface area contributed by atoms with Gasteiger partial charge in [-0.25, -0.2) is 0 Å². The molecular weight excluding hydrogens is 328 g/mol. The van der Waals surface area contributed by atoms with E-state index in [2.05, 4.69) is 5.32 Å². The number of carbonyl (C=O) groups excluding carboxylic acids is 1. The molecule has 0 bridgehead atoms. The molecule has 2 aromatic rings. The van der Waals surface area contributed by atoms with Gasteiger partial charge in [-0.1, -0.05) is 36.4 Å². The third-order valence-electron chi connectivity index (χ3n) is 4.74. The normalized spacial score (nSPS) is 15.4. The van der Waals surface area contributed by atoms with Gasteiger partial charge in [-0.15, -0.1) is 0 Å². The number of rotatable bonds is 6. The number of hydrogen-bond acceptors (Lipinski definition) is 4. The fraction of sp³-hybridized carbons (Fsp3) is 0.381. The van der Waals surface area contributed by atoms with E-state index in [1.54, 1.807) is 0 Å². The fourth-order valence-electron chi connectivity index (χ4n) is 2.97. The summed E-state index contributed by atoms with van der Waals surface area (Å²) in [5.41, 5.74) is 2.19. The summed E-state index contributed by atoms with van der Waals surface area (Å²) in [6, 6.07) is 15.7. The second-order valence-electron chi connectivity index (χ2n) is 6.71. The maximum atomic E-state index is 12.6. The SMILES string of the molecule is C[C@H](C(=O)N[C@H](C)c1ccccc1)N(C)Cc1ccc2c(c1)OCCO2. The molecule has 2 atom stereocenters. The van der Waals surface area contributed by atoms with Gasteiger partial charge in [0.2, 0.25) is 5.91 Å². The zero-order chi connectivity index (χ0) is 18.5. The molecule has 0 saturated carbocycles. The van der Waals surface area contributed by atoms with E-state index in [4.69, 9.17) is 9.47 Å². The quantitative estimate of drug-likeness (QED) is 0.866. The van der Waals surface area contributed by atoms with Gasteiger partial charge < -0.3 is 14.8 Å². The zero-order valence-corrected chi connectivity index (χ0v) is 15.6. The lowest BCUT2D eigenvalue weighted by Crippen LogP contribution is -2.43. The number of carbonyl (C=O) groups is 1. The minimum Gasteiger partial charge on any atom is -0.486 e. The van der Waals surface area contributed by atoms with Crippen molar-refractivity contribution in [2.24, 2.45) is 0 Å². The van der Waals surface area contributed by atoms with Gasteiger partial charge in [0, 0.05) is 6.54 Å². The average Bonchev–Trinajstić information content (AvgIpc) is 2.67. The van der Waals surface area contributed by atoms with E-state index in [9.17, 15) is 4.79 Å². The van der Waals surface area contributed by atoms with Gasteiger partial charge in [-0.2, -0.15) is 0 Å². The van der Waals surface area contributed by atoms with Crippen molar-refractivity contribution in [2.75, 3.05) is 20.3 Å². The van der Waals surface area contributed by atoms with Crippen molar-refractivity contribution in [3.05, 3.63) is 59.7 Å². The summed E-state index contributed by atoms with van der Waals surface area (Å²) in [7, 11) is 1.95. The topological polar surface area (TPSA) is 50.8 Å². The lowest BCUT2D eigenvalue weighted by atomic mass is 10.1. The number of nitrogens with one attached hydrogen (secondary N) is 1. The molecule has 1 amide bonds. The number of benzene rings is 2. The van der Waals surface area contributed by atoms with Crippen LogP contribution in [0.15, 0.2) is 48.5 Å². The van der Waals surface area contributed by atoms with Gasteiger partial charge in [0.05, 0.1) is 12.1 Å². The van der Waals surface area contributed by atoms with Gasteiger partial charge in [0.1, 0.15) is 13.2 Å². The first-order valence-corrected chi connectivity index (χ1v) is 8.98. The molecule has 26 heavy (non-hydrogen) atoms. The zero-order valence-electron chi connectivity index (χ0n) is 15.6. The molecular formula is C21H26N2O3. The smallest absolute Gasteiger partial charge is 0.237 e. The second kappa shape index (κ2) is 8.23. The Hall–Kier alpha value is -2.53. The van der Waals surface area contributed by atoms with Crippen molar-refractivity contribution >= 4 is 5.91 Å². The third-order valence-corrected chi connectivity index (χ3v) is 4.74. The molecule has 138 valence electrons. The summed E-state index contributed by atoms with van der Waals surface area (Å²) >= 11 is 0. The number of hydrogen-bond donors (Lipinski definition) is 1. The van der Waals surface area contributed by atoms with Gasteiger partial charge in [0.15, 0.2) is 11.5 Å². The minimum atomic E-state index is -0.241. The average molecular weight is 354 g/mol. The third kappa shape index (κ3) is 4.35. The molecule has 2 aromatic carbocycles. The standard InChI is InChI=1S/C21H26N2O3/c1-15(18-7-5-4-6-8-18)22-21(24)16(2)23(3)14-17-9-10-19-20(13-17)26-12-11-25-19/h4-10,13,15-16H,11-12,14H2,1-3H3,(H,22,24)/t15-,16-/m1/s1. The Labute approximate surface area is 154 Å². The van der Waals surface area contributed by atoms with E-state index in [0.29, 0.717) is 19.8 Å². The minimum absolute atomic E-state index is 0.0152. The van der Waals surface area contributed by atoms with Gasteiger partial charge >= 0.3 is 0 Å². The highest BCUT2D eigenvalue weighted by Gasteiger charge is 2.21. The van der Waals surface area contributed by atoms with E-state index < -0.39 is 0 Å². The number of fused-ring (bicyclic) bond motifs is 1. The molecule has 0 unspecified atom stereocenters. The molecule has 1 aliphatic rings. The van der Waals surface area contributed by atoms with Crippen molar-refractivity contribution in [1.82, 2.24) is 10.2 Å². The summed E-state index contributed by atoms with van der Waals surface area (Å²) in [6.07, 6.45) is 0. The molecule has 5 nitrogen and oxygen atoms in total. The lowest BCUT2D eigenvalue weighted by Gasteiger charge is -2.26. The molecule has 1 N–H and O–H groups in total. The summed E-state index contributed by atoms with van der Waals surface area (Å²) in [6.45, 7) is 5.74. The first-order valence-electron chi connectivity index (χ1n) is 8.98. The van der Waals surface area contributed by atoms with Crippen molar-refractivity contribution in [3.8, 4) is 11.5 Å². The van der Waals surface area contributed by atoms with Crippen LogP contribution in [-0.4, -0.2) is 37.1 Å². The molecule has 0 aromatic heterocycles. The van der Waals surface area contributed by atoms with Crippen molar-refractivity contribution in [3.63, 3.8) is 0 Å². The molecule has 1 heterocycles. The number of ether oxygens (including phenoxy) is 2. The van der Waals surface area contributed by atoms with Crippen LogP contribution in [-0.2, 0) is 11.3 Å². The highest BCUT2D eigenvalue weighted by Crippen LogP contribution is 2.31. The maximum absolute atomic E-state index is 12.6. The molecule has 0 fully saturated rings. The van der Waals surface area contributed by atoms with Crippen LogP contribution in [0, 0.1) is 0 Å². The van der Waals surface area contributed by atoms with Crippen LogP contribution in [0.1, 0.15) is 31.0 Å². The predicted molar refractivity (Wildman–Crippen MR) is 101 cm³/mol. The Morgan fingerprint density at radius 3 is 2.50 bits per heavy atom. The molecule has 1 aliphatic heterocycles. The summed E-state index contributed by atoms with van der Waals surface area (Å²) in [4.78, 5) is 14.6. The van der Waals surface area contributed by atoms with Crippen LogP contribution >= 0.6 is 0 Å². The molecule has 3 rings (SSSR count). The Morgan fingerprint density at radius 2 is 1.77 bits per heavy atom. The van der Waals surface area contributed by atoms with Crippen LogP contribution < -0.4 is 14.8 Å². The molecule has 0 aliphatic carbocycles. The Balaban J connectivity index is 1.58. The molecule has 5 heteroatoms. The van der Waals surface area contributed by atoms with Gasteiger partial charge in [0.25, 0.3) is 0 Å². The Bertz CT molecular complexity index is 748. The molecule has 0 spiro atoms. The second-order valence-corrected chi connectivity index (χ2v) is 6.71. The monoisotopic (exact) mass is 354 g/mol. The van der Waals surface area contributed by atoms with Crippen LogP contribution in [0.5, 0.6) is 11.5 Å². The van der Waals surface area contributed by atoms with Crippen LogP contribution in [0.25, 0.3) is 0 Å². The van der Waals surface area contributed by atoms with Crippen molar-refractivity contribution in [1.29, 1.82) is 0 Å². The predicted octanol–water partition coefficient (Wildman–Crippen LogP) is 3.16. The number of likely N-dealkylation sites (N-methyl/N-ethyl adjacent to an activating group) is 1. The van der Waals surface area contributed by atoms with Crippen LogP contribution in [0.2, 0.25) is 0 Å².